The lowest BCUT2D eigenvalue weighted by molar-refractivity contribution is -0.161. The van der Waals surface area contributed by atoms with Crippen LogP contribution in [0, 0.1) is 5.92 Å². The van der Waals surface area contributed by atoms with Crippen molar-refractivity contribution in [2.75, 3.05) is 14.1 Å². The molecule has 0 spiro atoms. The molecule has 7 nitrogen and oxygen atoms in total. The minimum Gasteiger partial charge on any atom is -0.477 e. The number of carbonyl (C=O) groups is 3. The van der Waals surface area contributed by atoms with Crippen LogP contribution >= 0.6 is 0 Å². The van der Waals surface area contributed by atoms with Gasteiger partial charge in [-0.15, -0.1) is 0 Å². The fraction of sp³-hybridized carbons (Fsp3) is 0.500. The van der Waals surface area contributed by atoms with Crippen LogP contribution in [-0.4, -0.2) is 64.0 Å². The molecule has 0 bridgehead atoms. The number of likely N-dealkylation sites (N-methyl/N-ethyl adjacent to an activating group) is 1. The number of β-lactam (4-membered cyclic amide) rings is 1. The molecule has 0 aliphatic carbocycles. The van der Waals surface area contributed by atoms with Crippen LogP contribution < -0.4 is 0 Å². The molecule has 7 heteroatoms. The summed E-state index contributed by atoms with van der Waals surface area (Å²) in [5, 5.41) is 18.9. The Morgan fingerprint density at radius 2 is 2.05 bits per heavy atom. The third kappa shape index (κ3) is 2.44. The van der Waals surface area contributed by atoms with E-state index in [9.17, 15) is 24.6 Å². The largest absolute Gasteiger partial charge is 0.477 e. The number of hydrogen-bond donors (Lipinski definition) is 2. The van der Waals surface area contributed by atoms with Crippen LogP contribution in [0.15, 0.2) is 23.4 Å². The smallest absolute Gasteiger partial charge is 0.352 e. The Morgan fingerprint density at radius 3 is 2.52 bits per heavy atom. The van der Waals surface area contributed by atoms with Gasteiger partial charge in [-0.1, -0.05) is 6.08 Å². The van der Waals surface area contributed by atoms with Crippen molar-refractivity contribution in [3.63, 3.8) is 0 Å². The van der Waals surface area contributed by atoms with Gasteiger partial charge in [0.15, 0.2) is 0 Å². The van der Waals surface area contributed by atoms with E-state index in [2.05, 4.69) is 0 Å². The number of nitrogens with zero attached hydrogens (tertiary/aromatic N) is 2. The average molecular weight is 294 g/mol. The van der Waals surface area contributed by atoms with Crippen LogP contribution in [0.1, 0.15) is 13.3 Å². The highest BCUT2D eigenvalue weighted by molar-refractivity contribution is 6.00. The maximum atomic E-state index is 12.0. The van der Waals surface area contributed by atoms with E-state index in [1.807, 2.05) is 0 Å². The van der Waals surface area contributed by atoms with Gasteiger partial charge in [-0.2, -0.15) is 0 Å². The number of allylic oxidation sites excluding steroid dienone is 1. The molecule has 0 aromatic carbocycles. The summed E-state index contributed by atoms with van der Waals surface area (Å²) in [5.74, 6) is -2.42. The second kappa shape index (κ2) is 5.33. The molecule has 2 aliphatic heterocycles. The molecule has 0 unspecified atom stereocenters. The molecular formula is C14H18N2O5. The van der Waals surface area contributed by atoms with Gasteiger partial charge in [0.25, 0.3) is 0 Å². The van der Waals surface area contributed by atoms with Crippen molar-refractivity contribution < 1.29 is 24.6 Å². The lowest BCUT2D eigenvalue weighted by Gasteiger charge is -2.44. The lowest BCUT2D eigenvalue weighted by Crippen LogP contribution is -2.61. The summed E-state index contributed by atoms with van der Waals surface area (Å²) >= 11 is 0. The molecule has 2 aliphatic rings. The fourth-order valence-corrected chi connectivity index (χ4v) is 2.77. The van der Waals surface area contributed by atoms with E-state index in [0.717, 1.165) is 0 Å². The van der Waals surface area contributed by atoms with E-state index < -0.39 is 18.0 Å². The van der Waals surface area contributed by atoms with Crippen molar-refractivity contribution in [1.29, 1.82) is 0 Å². The van der Waals surface area contributed by atoms with Crippen molar-refractivity contribution >= 4 is 17.8 Å². The molecule has 21 heavy (non-hydrogen) atoms. The van der Waals surface area contributed by atoms with E-state index in [1.54, 1.807) is 14.1 Å². The van der Waals surface area contributed by atoms with Gasteiger partial charge in [-0.25, -0.2) is 4.79 Å². The van der Waals surface area contributed by atoms with Crippen LogP contribution in [0.25, 0.3) is 0 Å². The molecule has 0 aromatic heterocycles. The molecule has 2 amide bonds. The summed E-state index contributed by atoms with van der Waals surface area (Å²) in [7, 11) is 3.18. The third-order valence-electron chi connectivity index (χ3n) is 3.83. The van der Waals surface area contributed by atoms with Gasteiger partial charge in [-0.3, -0.25) is 9.59 Å². The van der Waals surface area contributed by atoms with Crippen molar-refractivity contribution in [2.24, 2.45) is 5.92 Å². The molecule has 2 rings (SSSR count). The summed E-state index contributed by atoms with van der Waals surface area (Å²) < 4.78 is 0. The number of rotatable bonds is 4. The zero-order valence-electron chi connectivity index (χ0n) is 12.1. The van der Waals surface area contributed by atoms with Crippen LogP contribution in [0.2, 0.25) is 0 Å². The minimum atomic E-state index is -1.20. The quantitative estimate of drug-likeness (QED) is 0.542. The molecule has 2 N–H and O–H groups in total. The van der Waals surface area contributed by atoms with E-state index in [1.165, 1.54) is 28.9 Å². The first kappa shape index (κ1) is 15.2. The molecule has 0 radical (unpaired) electrons. The SMILES string of the molecule is C[C@@H](O)[C@H]1C(=O)N2C(C(=O)O)=C(C=CC(=O)N(C)C)C[C@H]12. The summed E-state index contributed by atoms with van der Waals surface area (Å²) in [5.41, 5.74) is 0.337. The molecule has 3 atom stereocenters. The summed E-state index contributed by atoms with van der Waals surface area (Å²) in [6, 6.07) is -0.335. The van der Waals surface area contributed by atoms with Gasteiger partial charge in [0.1, 0.15) is 5.70 Å². The van der Waals surface area contributed by atoms with Crippen LogP contribution in [-0.2, 0) is 14.4 Å². The number of amides is 2. The van der Waals surface area contributed by atoms with Gasteiger partial charge >= 0.3 is 5.97 Å². The number of carboxylic acid groups (broad SMARTS) is 1. The zero-order chi connectivity index (χ0) is 15.9. The number of aliphatic carboxylic acids is 1. The van der Waals surface area contributed by atoms with E-state index in [0.29, 0.717) is 12.0 Å². The second-order valence-electron chi connectivity index (χ2n) is 5.49. The molecule has 0 saturated carbocycles. The molecule has 114 valence electrons. The number of fused-ring (bicyclic) bond motifs is 1. The molecule has 1 fully saturated rings. The Balaban J connectivity index is 2.27. The zero-order valence-corrected chi connectivity index (χ0v) is 12.1. The highest BCUT2D eigenvalue weighted by Crippen LogP contribution is 2.43. The highest BCUT2D eigenvalue weighted by Gasteiger charge is 2.56. The monoisotopic (exact) mass is 294 g/mol. The van der Waals surface area contributed by atoms with Crippen LogP contribution in [0.3, 0.4) is 0 Å². The van der Waals surface area contributed by atoms with Gasteiger partial charge in [0, 0.05) is 20.2 Å². The number of hydrogen-bond acceptors (Lipinski definition) is 4. The molecule has 2 heterocycles. The van der Waals surface area contributed by atoms with E-state index in [-0.39, 0.29) is 23.6 Å². The molecule has 0 aromatic rings. The summed E-state index contributed by atoms with van der Waals surface area (Å²) in [4.78, 5) is 37.4. The van der Waals surface area contributed by atoms with E-state index >= 15 is 0 Å². The van der Waals surface area contributed by atoms with Gasteiger partial charge in [0.2, 0.25) is 11.8 Å². The Labute approximate surface area is 122 Å². The predicted octanol–water partition coefficient (Wildman–Crippen LogP) is -0.419. The van der Waals surface area contributed by atoms with Gasteiger partial charge < -0.3 is 20.0 Å². The number of aliphatic hydroxyl groups is 1. The first-order valence-corrected chi connectivity index (χ1v) is 6.62. The van der Waals surface area contributed by atoms with Crippen molar-refractivity contribution in [3.05, 3.63) is 23.4 Å². The topological polar surface area (TPSA) is 98.1 Å². The lowest BCUT2D eigenvalue weighted by atomic mass is 9.83. The first-order valence-electron chi connectivity index (χ1n) is 6.62. The normalized spacial score (nSPS) is 25.9. The first-order chi connectivity index (χ1) is 9.75. The van der Waals surface area contributed by atoms with Crippen molar-refractivity contribution in [2.45, 2.75) is 25.5 Å². The second-order valence-corrected chi connectivity index (χ2v) is 5.49. The Morgan fingerprint density at radius 1 is 1.43 bits per heavy atom. The summed E-state index contributed by atoms with van der Waals surface area (Å²) in [6.45, 7) is 1.52. The third-order valence-corrected chi connectivity index (χ3v) is 3.83. The maximum absolute atomic E-state index is 12.0. The predicted molar refractivity (Wildman–Crippen MR) is 72.9 cm³/mol. The number of carbonyl (C=O) groups excluding carboxylic acids is 2. The molecule has 1 saturated heterocycles. The van der Waals surface area contributed by atoms with Crippen LogP contribution in [0.4, 0.5) is 0 Å². The number of aliphatic hydroxyl groups excluding tert-OH is 1. The van der Waals surface area contributed by atoms with Crippen LogP contribution in [0.5, 0.6) is 0 Å². The van der Waals surface area contributed by atoms with Crippen molar-refractivity contribution in [1.82, 2.24) is 9.80 Å². The van der Waals surface area contributed by atoms with E-state index in [4.69, 9.17) is 0 Å². The van der Waals surface area contributed by atoms with Crippen molar-refractivity contribution in [3.8, 4) is 0 Å². The fourth-order valence-electron chi connectivity index (χ4n) is 2.77. The number of carboxylic acids is 1. The highest BCUT2D eigenvalue weighted by atomic mass is 16.4. The van der Waals surface area contributed by atoms with Gasteiger partial charge in [0.05, 0.1) is 18.1 Å². The Bertz CT molecular complexity index is 562. The Kier molecular flexibility index (Phi) is 3.87. The average Bonchev–Trinajstić information content (AvgIpc) is 2.69. The standard InChI is InChI=1S/C14H18N2O5/c1-7(17)11-9-6-8(4-5-10(18)15(2)3)12(14(20)21)16(9)13(11)19/h4-5,7,9,11,17H,6H2,1-3H3,(H,20,21)/t7-,9-,11-/m1/s1. The van der Waals surface area contributed by atoms with Gasteiger partial charge in [-0.05, 0) is 18.9 Å². The summed E-state index contributed by atoms with van der Waals surface area (Å²) in [6.07, 6.45) is 2.24. The maximum Gasteiger partial charge on any atom is 0.352 e. The Hall–Kier alpha value is -2.15. The molecular weight excluding hydrogens is 276 g/mol. The minimum absolute atomic E-state index is 0.0929.